The minimum absolute atomic E-state index is 1.34. The van der Waals surface area contributed by atoms with Crippen LogP contribution in [-0.4, -0.2) is 0 Å². The van der Waals surface area contributed by atoms with Crippen LogP contribution < -0.4 is 4.13 Å². The highest BCUT2D eigenvalue weighted by Gasteiger charge is 1.58. The van der Waals surface area contributed by atoms with E-state index in [2.05, 4.69) is 23.5 Å². The molecule has 3 heteroatoms. The van der Waals surface area contributed by atoms with Crippen molar-refractivity contribution in [1.29, 1.82) is 0 Å². The van der Waals surface area contributed by atoms with E-state index in [0.717, 1.165) is 0 Å². The molecule has 0 unspecified atom stereocenters. The zero-order valence-corrected chi connectivity index (χ0v) is 4.35. The molecule has 5 heavy (non-hydrogen) atoms. The predicted octanol–water partition coefficient (Wildman–Crippen LogP) is 1.21. The average molecular weight is 107 g/mol. The predicted molar refractivity (Wildman–Crippen MR) is 29.9 cm³/mol. The maximum atomic E-state index is 3.64. The second-order valence-electron chi connectivity index (χ2n) is 0.376. The third-order valence-corrected chi connectivity index (χ3v) is 0.724. The fourth-order valence-electron chi connectivity index (χ4n) is 0.0373. The van der Waals surface area contributed by atoms with Crippen molar-refractivity contribution < 1.29 is 0 Å². The van der Waals surface area contributed by atoms with Crippen LogP contribution in [0.4, 0.5) is 0 Å². The minimum Gasteiger partial charge on any atom is -0.207 e. The molecule has 0 atom stereocenters. The Morgan fingerprint density at radius 3 is 2.60 bits per heavy atom. The molecule has 0 aliphatic heterocycles. The van der Waals surface area contributed by atoms with E-state index in [1.807, 2.05) is 0 Å². The topological polar surface area (TPSA) is 12.0 Å². The van der Waals surface area contributed by atoms with Crippen molar-refractivity contribution in [3.8, 4) is 0 Å². The molecule has 0 saturated heterocycles. The summed E-state index contributed by atoms with van der Waals surface area (Å²) in [6, 6.07) is 0. The van der Waals surface area contributed by atoms with Crippen LogP contribution >= 0.6 is 24.8 Å². The van der Waals surface area contributed by atoms with E-state index < -0.39 is 0 Å². The maximum Gasteiger partial charge on any atom is -0.0200 e. The van der Waals surface area contributed by atoms with Gasteiger partial charge < -0.3 is 0 Å². The summed E-state index contributed by atoms with van der Waals surface area (Å²) in [4.78, 5) is 0. The summed E-state index contributed by atoms with van der Waals surface area (Å²) in [6.45, 7) is 3.40. The van der Waals surface area contributed by atoms with Crippen LogP contribution in [0.3, 0.4) is 0 Å². The number of rotatable bonds is 2. The summed E-state index contributed by atoms with van der Waals surface area (Å²) < 4.78 is 2.51. The van der Waals surface area contributed by atoms with Crippen molar-refractivity contribution in [2.24, 2.45) is 0 Å². The van der Waals surface area contributed by atoms with Crippen LogP contribution in [0.15, 0.2) is 12.0 Å². The second kappa shape index (κ2) is 4.40. The fourth-order valence-corrected chi connectivity index (χ4v) is 0.335. The van der Waals surface area contributed by atoms with Crippen molar-refractivity contribution in [2.45, 2.75) is 0 Å². The Hall–Kier alpha value is 0.400. The molecule has 30 valence electrons. The van der Waals surface area contributed by atoms with Gasteiger partial charge >= 0.3 is 0 Å². The fraction of sp³-hybridized carbons (Fsp3) is 0. The van der Waals surface area contributed by atoms with E-state index in [-0.39, 0.29) is 0 Å². The van der Waals surface area contributed by atoms with Gasteiger partial charge in [-0.15, -0.1) is 0 Å². The molecule has 0 aromatic carbocycles. The largest absolute Gasteiger partial charge is 0.207 e. The number of nitrogens with one attached hydrogen (secondary N) is 1. The molecule has 1 nitrogen and oxygen atoms in total. The minimum atomic E-state index is 1.34. The maximum absolute atomic E-state index is 3.64. The van der Waals surface area contributed by atoms with Crippen LogP contribution in [0.1, 0.15) is 0 Å². The molecule has 0 heterocycles. The SMILES string of the molecule is C=CSNS. The summed E-state index contributed by atoms with van der Waals surface area (Å²) in [5.41, 5.74) is 0. The number of hydrogen-bond acceptors (Lipinski definition) is 3. The Morgan fingerprint density at radius 1 is 2.00 bits per heavy atom. The first-order valence-corrected chi connectivity index (χ1v) is 2.40. The molecule has 0 rings (SSSR count). The Bertz CT molecular complexity index is 28.8. The molecule has 0 aromatic heterocycles. The van der Waals surface area contributed by atoms with E-state index in [9.17, 15) is 0 Å². The summed E-state index contributed by atoms with van der Waals surface area (Å²) in [7, 11) is 0. The molecule has 0 aliphatic rings. The van der Waals surface area contributed by atoms with Crippen molar-refractivity contribution in [1.82, 2.24) is 4.13 Å². The van der Waals surface area contributed by atoms with Gasteiger partial charge in [0.25, 0.3) is 0 Å². The second-order valence-corrected chi connectivity index (χ2v) is 1.68. The molecule has 0 amide bonds. The van der Waals surface area contributed by atoms with Gasteiger partial charge in [0, 0.05) is 0 Å². The van der Waals surface area contributed by atoms with Gasteiger partial charge in [-0.05, 0) is 17.4 Å². The summed E-state index contributed by atoms with van der Waals surface area (Å²) in [6.07, 6.45) is 0. The Kier molecular flexibility index (Phi) is 4.75. The highest BCUT2D eigenvalue weighted by atomic mass is 32.2. The van der Waals surface area contributed by atoms with Gasteiger partial charge in [-0.2, -0.15) is 0 Å². The molecule has 0 aliphatic carbocycles. The molecule has 0 radical (unpaired) electrons. The van der Waals surface area contributed by atoms with Gasteiger partial charge in [0.2, 0.25) is 0 Å². The van der Waals surface area contributed by atoms with E-state index in [1.54, 1.807) is 5.41 Å². The monoisotopic (exact) mass is 107 g/mol. The molecular weight excluding hydrogens is 102 g/mol. The molecular formula is C2H5NS2. The quantitative estimate of drug-likeness (QED) is 0.406. The Morgan fingerprint density at radius 2 is 2.60 bits per heavy atom. The lowest BCUT2D eigenvalue weighted by Gasteiger charge is -1.77. The first-order chi connectivity index (χ1) is 2.41. The standard InChI is InChI=1S/C2H5NS2/c1-2-5-3-4/h2-4H,1H2. The molecule has 0 bridgehead atoms. The lowest BCUT2D eigenvalue weighted by molar-refractivity contribution is 1.80. The third-order valence-electron chi connectivity index (χ3n) is 0.136. The van der Waals surface area contributed by atoms with Crippen LogP contribution in [0.25, 0.3) is 0 Å². The lowest BCUT2D eigenvalue weighted by atomic mass is 11.3. The molecule has 0 fully saturated rings. The van der Waals surface area contributed by atoms with E-state index in [0.29, 0.717) is 0 Å². The van der Waals surface area contributed by atoms with Crippen LogP contribution in [-0.2, 0) is 0 Å². The molecule has 0 aromatic rings. The molecule has 0 saturated carbocycles. The number of thiol groups is 1. The zero-order chi connectivity index (χ0) is 4.12. The van der Waals surface area contributed by atoms with Crippen LogP contribution in [0, 0.1) is 0 Å². The normalized spacial score (nSPS) is 7.40. The van der Waals surface area contributed by atoms with Crippen molar-refractivity contribution in [2.75, 3.05) is 0 Å². The first kappa shape index (κ1) is 5.40. The van der Waals surface area contributed by atoms with Crippen molar-refractivity contribution in [3.05, 3.63) is 12.0 Å². The van der Waals surface area contributed by atoms with Gasteiger partial charge in [-0.1, -0.05) is 19.4 Å². The van der Waals surface area contributed by atoms with Crippen molar-refractivity contribution >= 4 is 24.8 Å². The Balaban J connectivity index is 2.40. The zero-order valence-electron chi connectivity index (χ0n) is 2.64. The Labute approximate surface area is 41.5 Å². The first-order valence-electron chi connectivity index (χ1n) is 1.07. The van der Waals surface area contributed by atoms with E-state index in [1.165, 1.54) is 11.9 Å². The number of hydrogen-bond donors (Lipinski definition) is 2. The van der Waals surface area contributed by atoms with Gasteiger partial charge in [0.15, 0.2) is 0 Å². The van der Waals surface area contributed by atoms with E-state index >= 15 is 0 Å². The summed E-state index contributed by atoms with van der Waals surface area (Å²) >= 11 is 4.98. The third kappa shape index (κ3) is 4.40. The van der Waals surface area contributed by atoms with Gasteiger partial charge in [-0.25, -0.2) is 4.13 Å². The van der Waals surface area contributed by atoms with Crippen molar-refractivity contribution in [3.63, 3.8) is 0 Å². The highest BCUT2D eigenvalue weighted by Crippen LogP contribution is 1.89. The van der Waals surface area contributed by atoms with Gasteiger partial charge in [0.05, 0.1) is 0 Å². The lowest BCUT2D eigenvalue weighted by Crippen LogP contribution is -1.71. The van der Waals surface area contributed by atoms with Crippen LogP contribution in [0.2, 0.25) is 0 Å². The highest BCUT2D eigenvalue weighted by molar-refractivity contribution is 8.08. The molecule has 1 N–H and O–H groups in total. The smallest absolute Gasteiger partial charge is 0.0200 e. The van der Waals surface area contributed by atoms with E-state index in [4.69, 9.17) is 0 Å². The van der Waals surface area contributed by atoms with Crippen LogP contribution in [0.5, 0.6) is 0 Å². The van der Waals surface area contributed by atoms with Gasteiger partial charge in [0.1, 0.15) is 0 Å². The summed E-state index contributed by atoms with van der Waals surface area (Å²) in [5.74, 6) is 0. The average Bonchev–Trinajstić information content (AvgIpc) is 1.41. The van der Waals surface area contributed by atoms with Gasteiger partial charge in [-0.3, -0.25) is 0 Å². The summed E-state index contributed by atoms with van der Waals surface area (Å²) in [5, 5.41) is 1.66. The molecule has 0 spiro atoms.